The molecule has 2 aliphatic heterocycles. The van der Waals surface area contributed by atoms with Gasteiger partial charge in [0.25, 0.3) is 10.2 Å². The Bertz CT molecular complexity index is 404. The zero-order valence-corrected chi connectivity index (χ0v) is 10.9. The predicted octanol–water partition coefficient (Wildman–Crippen LogP) is -0.451. The van der Waals surface area contributed by atoms with E-state index in [1.807, 2.05) is 0 Å². The van der Waals surface area contributed by atoms with Crippen LogP contribution in [0.15, 0.2) is 0 Å². The van der Waals surface area contributed by atoms with Crippen LogP contribution in [0, 0.1) is 0 Å². The number of nitrogens with one attached hydrogen (secondary N) is 1. The van der Waals surface area contributed by atoms with E-state index in [0.29, 0.717) is 32.5 Å². The summed E-state index contributed by atoms with van der Waals surface area (Å²) in [6.07, 6.45) is 2.45. The number of aliphatic carboxylic acids is 1. The molecular formula is C10H18N2O5S. The summed E-state index contributed by atoms with van der Waals surface area (Å²) in [7, 11) is -3.74. The Hall–Kier alpha value is -0.700. The average molecular weight is 278 g/mol. The van der Waals surface area contributed by atoms with Gasteiger partial charge in [0.1, 0.15) is 6.04 Å². The van der Waals surface area contributed by atoms with Crippen molar-refractivity contribution in [3.05, 3.63) is 0 Å². The summed E-state index contributed by atoms with van der Waals surface area (Å²) in [6, 6.07) is -1.19. The first-order chi connectivity index (χ1) is 8.50. The molecule has 2 saturated heterocycles. The number of nitrogens with zero attached hydrogens (tertiary/aromatic N) is 1. The summed E-state index contributed by atoms with van der Waals surface area (Å²) >= 11 is 0. The molecule has 2 heterocycles. The summed E-state index contributed by atoms with van der Waals surface area (Å²) in [5.41, 5.74) is 0. The summed E-state index contributed by atoms with van der Waals surface area (Å²) in [4.78, 5) is 11.1. The molecule has 0 aromatic heterocycles. The highest BCUT2D eigenvalue weighted by atomic mass is 32.2. The van der Waals surface area contributed by atoms with Gasteiger partial charge in [-0.25, -0.2) is 0 Å². The van der Waals surface area contributed by atoms with Gasteiger partial charge in [-0.2, -0.15) is 17.4 Å². The van der Waals surface area contributed by atoms with Gasteiger partial charge in [-0.15, -0.1) is 0 Å². The van der Waals surface area contributed by atoms with Crippen LogP contribution in [0.1, 0.15) is 25.7 Å². The lowest BCUT2D eigenvalue weighted by Gasteiger charge is -2.32. The summed E-state index contributed by atoms with van der Waals surface area (Å²) in [6.45, 7) is 1.15. The quantitative estimate of drug-likeness (QED) is 0.726. The molecule has 104 valence electrons. The Balaban J connectivity index is 2.08. The van der Waals surface area contributed by atoms with Gasteiger partial charge < -0.3 is 9.84 Å². The van der Waals surface area contributed by atoms with Gasteiger partial charge in [-0.05, 0) is 25.7 Å². The molecule has 2 aliphatic rings. The number of carbonyl (C=O) groups is 1. The van der Waals surface area contributed by atoms with Crippen molar-refractivity contribution in [1.82, 2.24) is 9.03 Å². The second kappa shape index (κ2) is 5.52. The van der Waals surface area contributed by atoms with Gasteiger partial charge in [0.05, 0.1) is 6.61 Å². The smallest absolute Gasteiger partial charge is 0.322 e. The van der Waals surface area contributed by atoms with Gasteiger partial charge in [0.15, 0.2) is 0 Å². The molecule has 0 aliphatic carbocycles. The number of rotatable bonds is 4. The molecule has 18 heavy (non-hydrogen) atoms. The van der Waals surface area contributed by atoms with Crippen LogP contribution in [0.25, 0.3) is 0 Å². The average Bonchev–Trinajstić information content (AvgIpc) is 2.81. The van der Waals surface area contributed by atoms with E-state index in [4.69, 9.17) is 9.84 Å². The zero-order valence-electron chi connectivity index (χ0n) is 10.0. The Morgan fingerprint density at radius 1 is 1.33 bits per heavy atom. The van der Waals surface area contributed by atoms with Crippen LogP contribution >= 0.6 is 0 Å². The normalized spacial score (nSPS) is 30.4. The first kappa shape index (κ1) is 13.7. The summed E-state index contributed by atoms with van der Waals surface area (Å²) in [5.74, 6) is -1.08. The third kappa shape index (κ3) is 3.00. The van der Waals surface area contributed by atoms with E-state index in [1.165, 1.54) is 0 Å². The summed E-state index contributed by atoms with van der Waals surface area (Å²) < 4.78 is 33.0. The highest BCUT2D eigenvalue weighted by molar-refractivity contribution is 7.87. The van der Waals surface area contributed by atoms with E-state index in [1.54, 1.807) is 0 Å². The van der Waals surface area contributed by atoms with Crippen LogP contribution in [0.5, 0.6) is 0 Å². The molecule has 2 rings (SSSR count). The maximum absolute atomic E-state index is 12.2. The first-order valence-corrected chi connectivity index (χ1v) is 7.54. The lowest BCUT2D eigenvalue weighted by atomic mass is 10.1. The van der Waals surface area contributed by atoms with Gasteiger partial charge in [0.2, 0.25) is 0 Å². The van der Waals surface area contributed by atoms with E-state index in [-0.39, 0.29) is 12.6 Å². The second-order valence-corrected chi connectivity index (χ2v) is 6.30. The molecular weight excluding hydrogens is 260 g/mol. The van der Waals surface area contributed by atoms with E-state index in [9.17, 15) is 13.2 Å². The van der Waals surface area contributed by atoms with E-state index < -0.39 is 22.2 Å². The zero-order chi connectivity index (χ0) is 13.2. The largest absolute Gasteiger partial charge is 0.480 e. The van der Waals surface area contributed by atoms with Crippen molar-refractivity contribution in [3.8, 4) is 0 Å². The fourth-order valence-corrected chi connectivity index (χ4v) is 3.99. The van der Waals surface area contributed by atoms with Gasteiger partial charge in [0, 0.05) is 19.2 Å². The molecule has 2 fully saturated rings. The standard InChI is InChI=1S/C10H18N2O5S/c13-10(14)9-3-1-2-5-12(9)18(15,16)11-8-4-6-17-7-8/h8-9,11H,1-7H2,(H,13,14). The van der Waals surface area contributed by atoms with Crippen molar-refractivity contribution in [2.45, 2.75) is 37.8 Å². The maximum Gasteiger partial charge on any atom is 0.322 e. The SMILES string of the molecule is O=C(O)C1CCCCN1S(=O)(=O)NC1CCOC1. The molecule has 0 amide bonds. The molecule has 0 saturated carbocycles. The highest BCUT2D eigenvalue weighted by Gasteiger charge is 2.38. The van der Waals surface area contributed by atoms with Crippen molar-refractivity contribution >= 4 is 16.2 Å². The summed E-state index contributed by atoms with van der Waals surface area (Å²) in [5, 5.41) is 9.07. The van der Waals surface area contributed by atoms with E-state index >= 15 is 0 Å². The third-order valence-electron chi connectivity index (χ3n) is 3.29. The van der Waals surface area contributed by atoms with Crippen LogP contribution in [0.2, 0.25) is 0 Å². The minimum absolute atomic E-state index is 0.244. The van der Waals surface area contributed by atoms with Crippen LogP contribution < -0.4 is 4.72 Å². The lowest BCUT2D eigenvalue weighted by molar-refractivity contribution is -0.142. The Morgan fingerprint density at radius 3 is 2.72 bits per heavy atom. The van der Waals surface area contributed by atoms with E-state index in [2.05, 4.69) is 4.72 Å². The molecule has 2 unspecified atom stereocenters. The maximum atomic E-state index is 12.2. The monoisotopic (exact) mass is 278 g/mol. The van der Waals surface area contributed by atoms with Crippen molar-refractivity contribution in [1.29, 1.82) is 0 Å². The second-order valence-electron chi connectivity index (χ2n) is 4.64. The Kier molecular flexibility index (Phi) is 4.21. The molecule has 0 aromatic rings. The fraction of sp³-hybridized carbons (Fsp3) is 0.900. The van der Waals surface area contributed by atoms with Crippen molar-refractivity contribution in [3.63, 3.8) is 0 Å². The van der Waals surface area contributed by atoms with Crippen LogP contribution in [0.3, 0.4) is 0 Å². The minimum atomic E-state index is -3.74. The molecule has 0 radical (unpaired) electrons. The number of carboxylic acid groups (broad SMARTS) is 1. The number of ether oxygens (including phenoxy) is 1. The highest BCUT2D eigenvalue weighted by Crippen LogP contribution is 2.20. The van der Waals surface area contributed by atoms with Gasteiger partial charge in [-0.1, -0.05) is 0 Å². The van der Waals surface area contributed by atoms with Crippen LogP contribution in [-0.4, -0.2) is 55.6 Å². The van der Waals surface area contributed by atoms with Crippen LogP contribution in [-0.2, 0) is 19.7 Å². The molecule has 2 N–H and O–H groups in total. The topological polar surface area (TPSA) is 95.9 Å². The number of carboxylic acids is 1. The third-order valence-corrected chi connectivity index (χ3v) is 4.98. The van der Waals surface area contributed by atoms with Gasteiger partial charge >= 0.3 is 5.97 Å². The molecule has 0 bridgehead atoms. The van der Waals surface area contributed by atoms with Crippen molar-refractivity contribution < 1.29 is 23.1 Å². The number of hydrogen-bond donors (Lipinski definition) is 2. The molecule has 0 spiro atoms. The molecule has 8 heteroatoms. The van der Waals surface area contributed by atoms with E-state index in [0.717, 1.165) is 10.7 Å². The molecule has 0 aromatic carbocycles. The Morgan fingerprint density at radius 2 is 2.11 bits per heavy atom. The molecule has 2 atom stereocenters. The van der Waals surface area contributed by atoms with Crippen molar-refractivity contribution in [2.24, 2.45) is 0 Å². The number of hydrogen-bond acceptors (Lipinski definition) is 4. The molecule has 7 nitrogen and oxygen atoms in total. The first-order valence-electron chi connectivity index (χ1n) is 6.10. The fourth-order valence-electron chi connectivity index (χ4n) is 2.35. The van der Waals surface area contributed by atoms with Gasteiger partial charge in [-0.3, -0.25) is 4.79 Å². The lowest BCUT2D eigenvalue weighted by Crippen LogP contribution is -2.54. The number of piperidine rings is 1. The minimum Gasteiger partial charge on any atom is -0.480 e. The van der Waals surface area contributed by atoms with Crippen molar-refractivity contribution in [2.75, 3.05) is 19.8 Å². The Labute approximate surface area is 106 Å². The predicted molar refractivity (Wildman–Crippen MR) is 63.3 cm³/mol. The van der Waals surface area contributed by atoms with Crippen LogP contribution in [0.4, 0.5) is 0 Å².